The first kappa shape index (κ1) is 16.6. The van der Waals surface area contributed by atoms with Crippen molar-refractivity contribution in [3.63, 3.8) is 0 Å². The van der Waals surface area contributed by atoms with Crippen molar-refractivity contribution in [3.8, 4) is 11.1 Å². The van der Waals surface area contributed by atoms with Crippen LogP contribution in [0.5, 0.6) is 0 Å². The smallest absolute Gasteiger partial charge is 0.166 e. The maximum absolute atomic E-state index is 12.6. The molecule has 0 bridgehead atoms. The minimum absolute atomic E-state index is 0.611. The number of aryl methyl sites for hydroxylation is 1. The average molecular weight is 305 g/mol. The SMILES string of the molecule is [CH2]CCCCCc1cccc(-c2ccc(C(F)(F)F)cc2)c1. The van der Waals surface area contributed by atoms with Crippen LogP contribution < -0.4 is 0 Å². The molecule has 0 spiro atoms. The summed E-state index contributed by atoms with van der Waals surface area (Å²) < 4.78 is 37.8. The van der Waals surface area contributed by atoms with Crippen LogP contribution in [0.1, 0.15) is 36.8 Å². The summed E-state index contributed by atoms with van der Waals surface area (Å²) in [6.07, 6.45) is 1.09. The third kappa shape index (κ3) is 4.62. The summed E-state index contributed by atoms with van der Waals surface area (Å²) >= 11 is 0. The second-order valence-corrected chi connectivity index (χ2v) is 5.44. The van der Waals surface area contributed by atoms with Crippen LogP contribution in [0.2, 0.25) is 0 Å². The van der Waals surface area contributed by atoms with Crippen molar-refractivity contribution in [1.29, 1.82) is 0 Å². The third-order valence-electron chi connectivity index (χ3n) is 3.69. The van der Waals surface area contributed by atoms with Gasteiger partial charge in [0.15, 0.2) is 0 Å². The second-order valence-electron chi connectivity index (χ2n) is 5.44. The molecule has 2 aromatic carbocycles. The fourth-order valence-corrected chi connectivity index (χ4v) is 2.44. The first-order chi connectivity index (χ1) is 10.5. The van der Waals surface area contributed by atoms with Gasteiger partial charge in [-0.15, -0.1) is 0 Å². The summed E-state index contributed by atoms with van der Waals surface area (Å²) in [4.78, 5) is 0. The molecule has 0 fully saturated rings. The number of rotatable bonds is 6. The molecule has 2 rings (SSSR count). The van der Waals surface area contributed by atoms with Crippen LogP contribution in [-0.4, -0.2) is 0 Å². The molecule has 0 aliphatic carbocycles. The number of hydrogen-bond acceptors (Lipinski definition) is 0. The molecular weight excluding hydrogens is 285 g/mol. The van der Waals surface area contributed by atoms with Crippen LogP contribution in [-0.2, 0) is 12.6 Å². The van der Waals surface area contributed by atoms with Gasteiger partial charge in [0.25, 0.3) is 0 Å². The molecular formula is C19H20F3. The Hall–Kier alpha value is -1.77. The van der Waals surface area contributed by atoms with Crippen molar-refractivity contribution in [3.05, 3.63) is 66.6 Å². The molecule has 0 aliphatic heterocycles. The van der Waals surface area contributed by atoms with Crippen molar-refractivity contribution >= 4 is 0 Å². The summed E-state index contributed by atoms with van der Waals surface area (Å²) in [5, 5.41) is 0. The average Bonchev–Trinajstić information content (AvgIpc) is 2.51. The zero-order chi connectivity index (χ0) is 16.0. The Morgan fingerprint density at radius 3 is 2.18 bits per heavy atom. The molecule has 0 aromatic heterocycles. The number of hydrogen-bond donors (Lipinski definition) is 0. The lowest BCUT2D eigenvalue weighted by Crippen LogP contribution is -2.03. The minimum atomic E-state index is -4.28. The van der Waals surface area contributed by atoms with Gasteiger partial charge in [0.05, 0.1) is 5.56 Å². The first-order valence-electron chi connectivity index (χ1n) is 7.56. The molecule has 2 aromatic rings. The molecule has 0 heterocycles. The lowest BCUT2D eigenvalue weighted by Gasteiger charge is -2.09. The van der Waals surface area contributed by atoms with E-state index in [1.165, 1.54) is 17.7 Å². The maximum atomic E-state index is 12.6. The van der Waals surface area contributed by atoms with Crippen LogP contribution in [0.25, 0.3) is 11.1 Å². The minimum Gasteiger partial charge on any atom is -0.166 e. The van der Waals surface area contributed by atoms with Crippen molar-refractivity contribution in [1.82, 2.24) is 0 Å². The molecule has 22 heavy (non-hydrogen) atoms. The number of benzene rings is 2. The molecule has 0 unspecified atom stereocenters. The number of halogens is 3. The van der Waals surface area contributed by atoms with E-state index in [0.717, 1.165) is 55.4 Å². The Bertz CT molecular complexity index is 582. The van der Waals surface area contributed by atoms with Gasteiger partial charge in [0.2, 0.25) is 0 Å². The normalized spacial score (nSPS) is 11.6. The molecule has 0 saturated heterocycles. The van der Waals surface area contributed by atoms with E-state index in [1.807, 2.05) is 12.1 Å². The van der Waals surface area contributed by atoms with Gasteiger partial charge in [-0.3, -0.25) is 0 Å². The highest BCUT2D eigenvalue weighted by atomic mass is 19.4. The lowest BCUT2D eigenvalue weighted by atomic mass is 9.99. The fourth-order valence-electron chi connectivity index (χ4n) is 2.44. The Kier molecular flexibility index (Phi) is 5.64. The first-order valence-corrected chi connectivity index (χ1v) is 7.56. The van der Waals surface area contributed by atoms with E-state index >= 15 is 0 Å². The summed E-state index contributed by atoms with van der Waals surface area (Å²) in [5.41, 5.74) is 2.39. The van der Waals surface area contributed by atoms with Crippen LogP contribution >= 0.6 is 0 Å². The van der Waals surface area contributed by atoms with Crippen LogP contribution in [0, 0.1) is 6.92 Å². The van der Waals surface area contributed by atoms with Gasteiger partial charge in [-0.2, -0.15) is 13.2 Å². The van der Waals surface area contributed by atoms with E-state index in [-0.39, 0.29) is 0 Å². The zero-order valence-electron chi connectivity index (χ0n) is 12.5. The van der Waals surface area contributed by atoms with E-state index in [9.17, 15) is 13.2 Å². The Morgan fingerprint density at radius 1 is 0.818 bits per heavy atom. The van der Waals surface area contributed by atoms with E-state index in [4.69, 9.17) is 0 Å². The lowest BCUT2D eigenvalue weighted by molar-refractivity contribution is -0.137. The Labute approximate surface area is 130 Å². The summed E-state index contributed by atoms with van der Waals surface area (Å²) in [6.45, 7) is 3.83. The predicted molar refractivity (Wildman–Crippen MR) is 84.4 cm³/mol. The molecule has 0 amide bonds. The zero-order valence-corrected chi connectivity index (χ0v) is 12.5. The standard InChI is InChI=1S/C19H20F3/c1-2-3-4-5-7-15-8-6-9-17(14-15)16-10-12-18(13-11-16)19(20,21)22/h6,8-14H,1-5,7H2. The second kappa shape index (κ2) is 7.48. The van der Waals surface area contributed by atoms with Gasteiger partial charge >= 0.3 is 6.18 Å². The summed E-state index contributed by atoms with van der Waals surface area (Å²) in [5.74, 6) is 0. The highest BCUT2D eigenvalue weighted by Gasteiger charge is 2.29. The topological polar surface area (TPSA) is 0 Å². The number of alkyl halides is 3. The molecule has 0 saturated carbocycles. The third-order valence-corrected chi connectivity index (χ3v) is 3.69. The highest BCUT2D eigenvalue weighted by Crippen LogP contribution is 2.31. The van der Waals surface area contributed by atoms with Gasteiger partial charge in [-0.05, 0) is 41.7 Å². The predicted octanol–water partition coefficient (Wildman–Crippen LogP) is 6.31. The van der Waals surface area contributed by atoms with E-state index in [1.54, 1.807) is 0 Å². The fraction of sp³-hybridized carbons (Fsp3) is 0.316. The van der Waals surface area contributed by atoms with Crippen LogP contribution in [0.3, 0.4) is 0 Å². The molecule has 0 atom stereocenters. The van der Waals surface area contributed by atoms with Crippen molar-refractivity contribution in [2.75, 3.05) is 0 Å². The van der Waals surface area contributed by atoms with E-state index in [2.05, 4.69) is 19.1 Å². The van der Waals surface area contributed by atoms with Crippen molar-refractivity contribution in [2.24, 2.45) is 0 Å². The van der Waals surface area contributed by atoms with Gasteiger partial charge in [0.1, 0.15) is 0 Å². The largest absolute Gasteiger partial charge is 0.416 e. The molecule has 0 aliphatic rings. The maximum Gasteiger partial charge on any atom is 0.416 e. The van der Waals surface area contributed by atoms with Gasteiger partial charge in [-0.1, -0.05) is 62.6 Å². The summed E-state index contributed by atoms with van der Waals surface area (Å²) in [6, 6.07) is 13.4. The Balaban J connectivity index is 2.09. The molecule has 117 valence electrons. The molecule has 1 radical (unpaired) electrons. The van der Waals surface area contributed by atoms with Crippen molar-refractivity contribution < 1.29 is 13.2 Å². The molecule has 0 N–H and O–H groups in total. The van der Waals surface area contributed by atoms with Crippen LogP contribution in [0.4, 0.5) is 13.2 Å². The number of unbranched alkanes of at least 4 members (excludes halogenated alkanes) is 3. The van der Waals surface area contributed by atoms with Gasteiger partial charge in [-0.25, -0.2) is 0 Å². The van der Waals surface area contributed by atoms with E-state index < -0.39 is 11.7 Å². The Morgan fingerprint density at radius 2 is 1.55 bits per heavy atom. The van der Waals surface area contributed by atoms with Crippen molar-refractivity contribution in [2.45, 2.75) is 38.3 Å². The van der Waals surface area contributed by atoms with Gasteiger partial charge in [0, 0.05) is 0 Å². The van der Waals surface area contributed by atoms with Gasteiger partial charge < -0.3 is 0 Å². The molecule has 0 nitrogen and oxygen atoms in total. The monoisotopic (exact) mass is 305 g/mol. The highest BCUT2D eigenvalue weighted by molar-refractivity contribution is 5.64. The quantitative estimate of drug-likeness (QED) is 0.549. The molecule has 3 heteroatoms. The van der Waals surface area contributed by atoms with E-state index in [0.29, 0.717) is 0 Å². The van der Waals surface area contributed by atoms with Crippen LogP contribution in [0.15, 0.2) is 48.5 Å². The summed E-state index contributed by atoms with van der Waals surface area (Å²) in [7, 11) is 0.